The van der Waals surface area contributed by atoms with E-state index < -0.39 is 11.7 Å². The van der Waals surface area contributed by atoms with E-state index in [2.05, 4.69) is 15.3 Å². The number of hydrogen-bond donors (Lipinski definition) is 1. The van der Waals surface area contributed by atoms with Crippen molar-refractivity contribution in [1.29, 1.82) is 0 Å². The molecule has 0 atom stereocenters. The predicted octanol–water partition coefficient (Wildman–Crippen LogP) is 3.84. The molecule has 2 aromatic rings. The van der Waals surface area contributed by atoms with E-state index in [1.165, 1.54) is 18.5 Å². The maximum absolute atomic E-state index is 12.6. The van der Waals surface area contributed by atoms with Gasteiger partial charge in [0.15, 0.2) is 0 Å². The summed E-state index contributed by atoms with van der Waals surface area (Å²) in [5.41, 5.74) is 0.960. The van der Waals surface area contributed by atoms with E-state index in [9.17, 15) is 18.0 Å². The summed E-state index contributed by atoms with van der Waals surface area (Å²) >= 11 is 0. The first-order chi connectivity index (χ1) is 13.3. The van der Waals surface area contributed by atoms with Gasteiger partial charge in [-0.2, -0.15) is 13.2 Å². The van der Waals surface area contributed by atoms with Crippen molar-refractivity contribution in [3.63, 3.8) is 0 Å². The second-order valence-electron chi connectivity index (χ2n) is 7.04. The topological polar surface area (TPSA) is 58.1 Å². The average molecular weight is 392 g/mol. The Bertz CT molecular complexity index is 800. The van der Waals surface area contributed by atoms with E-state index in [4.69, 9.17) is 0 Å². The molecule has 1 aromatic heterocycles. The Hall–Kier alpha value is -2.64. The third-order valence-corrected chi connectivity index (χ3v) is 4.91. The lowest BCUT2D eigenvalue weighted by molar-refractivity contribution is -0.137. The van der Waals surface area contributed by atoms with Gasteiger partial charge in [-0.05, 0) is 43.9 Å². The molecule has 0 radical (unpaired) electrons. The molecule has 1 aromatic carbocycles. The lowest BCUT2D eigenvalue weighted by Gasteiger charge is -2.32. The summed E-state index contributed by atoms with van der Waals surface area (Å²) in [7, 11) is 0. The largest absolute Gasteiger partial charge is 0.416 e. The highest BCUT2D eigenvalue weighted by atomic mass is 19.4. The number of alkyl halides is 3. The second kappa shape index (κ2) is 8.58. The van der Waals surface area contributed by atoms with Gasteiger partial charge in [-0.3, -0.25) is 4.79 Å². The summed E-state index contributed by atoms with van der Waals surface area (Å²) < 4.78 is 37.8. The molecule has 2 heterocycles. The van der Waals surface area contributed by atoms with Crippen LogP contribution in [0.2, 0.25) is 0 Å². The summed E-state index contributed by atoms with van der Waals surface area (Å²) in [5, 5.41) is 3.38. The summed E-state index contributed by atoms with van der Waals surface area (Å²) in [6.07, 6.45) is -0.414. The van der Waals surface area contributed by atoms with Crippen molar-refractivity contribution in [3.8, 4) is 0 Å². The van der Waals surface area contributed by atoms with Crippen molar-refractivity contribution in [3.05, 3.63) is 53.5 Å². The number of anilines is 1. The van der Waals surface area contributed by atoms with Gasteiger partial charge >= 0.3 is 6.18 Å². The Morgan fingerprint density at radius 2 is 1.86 bits per heavy atom. The summed E-state index contributed by atoms with van der Waals surface area (Å²) in [5.74, 6) is 0.829. The highest BCUT2D eigenvalue weighted by Gasteiger charge is 2.30. The Balaban J connectivity index is 1.44. The molecule has 0 bridgehead atoms. The fourth-order valence-corrected chi connectivity index (χ4v) is 3.29. The minimum absolute atomic E-state index is 0.0382. The quantitative estimate of drug-likeness (QED) is 0.840. The minimum Gasteiger partial charge on any atom is -0.367 e. The standard InChI is InChI=1S/C20H23F3N4O/c1-14-12-18(25-13-24-14)26-17-8-10-27(11-9-17)19(28)7-4-15-2-5-16(6-3-15)20(21,22)23/h2-3,5-6,12-13,17H,4,7-11H2,1H3,(H,24,25,26). The van der Waals surface area contributed by atoms with Crippen LogP contribution in [0.25, 0.3) is 0 Å². The number of nitrogens with one attached hydrogen (secondary N) is 1. The summed E-state index contributed by atoms with van der Waals surface area (Å²) in [4.78, 5) is 22.5. The molecular weight excluding hydrogens is 369 g/mol. The number of benzene rings is 1. The zero-order chi connectivity index (χ0) is 20.1. The van der Waals surface area contributed by atoms with Crippen LogP contribution in [0, 0.1) is 6.92 Å². The maximum Gasteiger partial charge on any atom is 0.416 e. The van der Waals surface area contributed by atoms with Crippen LogP contribution in [0.1, 0.15) is 36.1 Å². The fraction of sp³-hybridized carbons (Fsp3) is 0.450. The molecule has 0 spiro atoms. The van der Waals surface area contributed by atoms with Crippen LogP contribution in [0.3, 0.4) is 0 Å². The normalized spacial score (nSPS) is 15.5. The van der Waals surface area contributed by atoms with Crippen molar-refractivity contribution in [2.45, 2.75) is 44.8 Å². The number of carbonyl (C=O) groups is 1. The highest BCUT2D eigenvalue weighted by molar-refractivity contribution is 5.76. The number of amides is 1. The van der Waals surface area contributed by atoms with Crippen LogP contribution in [-0.4, -0.2) is 39.9 Å². The van der Waals surface area contributed by atoms with Gasteiger partial charge in [-0.15, -0.1) is 0 Å². The lowest BCUT2D eigenvalue weighted by atomic mass is 10.0. The number of nitrogens with zero attached hydrogens (tertiary/aromatic N) is 3. The molecule has 28 heavy (non-hydrogen) atoms. The van der Waals surface area contributed by atoms with E-state index in [1.54, 1.807) is 0 Å². The second-order valence-corrected chi connectivity index (χ2v) is 7.04. The van der Waals surface area contributed by atoms with Gasteiger partial charge in [-0.25, -0.2) is 9.97 Å². The molecule has 1 amide bonds. The van der Waals surface area contributed by atoms with E-state index in [1.807, 2.05) is 17.9 Å². The Labute approximate surface area is 162 Å². The van der Waals surface area contributed by atoms with E-state index in [0.717, 1.165) is 42.0 Å². The maximum atomic E-state index is 12.6. The number of aryl methyl sites for hydroxylation is 2. The van der Waals surface area contributed by atoms with E-state index >= 15 is 0 Å². The first-order valence-corrected chi connectivity index (χ1v) is 9.30. The van der Waals surface area contributed by atoms with Crippen molar-refractivity contribution in [1.82, 2.24) is 14.9 Å². The SMILES string of the molecule is Cc1cc(NC2CCN(C(=O)CCc3ccc(C(F)(F)F)cc3)CC2)ncn1. The van der Waals surface area contributed by atoms with Crippen molar-refractivity contribution < 1.29 is 18.0 Å². The van der Waals surface area contributed by atoms with Gasteiger partial charge in [-0.1, -0.05) is 12.1 Å². The number of halogens is 3. The summed E-state index contributed by atoms with van der Waals surface area (Å²) in [6.45, 7) is 3.23. The van der Waals surface area contributed by atoms with Gasteiger partial charge in [0.25, 0.3) is 0 Å². The zero-order valence-corrected chi connectivity index (χ0v) is 15.7. The number of aromatic nitrogens is 2. The molecule has 8 heteroatoms. The van der Waals surface area contributed by atoms with Gasteiger partial charge < -0.3 is 10.2 Å². The van der Waals surface area contributed by atoms with E-state index in [0.29, 0.717) is 25.9 Å². The number of carbonyl (C=O) groups excluding carboxylic acids is 1. The summed E-state index contributed by atoms with van der Waals surface area (Å²) in [6, 6.07) is 7.15. The van der Waals surface area contributed by atoms with Crippen molar-refractivity contribution in [2.75, 3.05) is 18.4 Å². The molecule has 1 fully saturated rings. The molecule has 5 nitrogen and oxygen atoms in total. The lowest BCUT2D eigenvalue weighted by Crippen LogP contribution is -2.42. The van der Waals surface area contributed by atoms with Gasteiger partial charge in [0, 0.05) is 37.3 Å². The number of rotatable bonds is 5. The molecule has 3 rings (SSSR count). The number of piperidine rings is 1. The molecule has 0 saturated carbocycles. The predicted molar refractivity (Wildman–Crippen MR) is 99.8 cm³/mol. The first-order valence-electron chi connectivity index (χ1n) is 9.30. The van der Waals surface area contributed by atoms with Crippen molar-refractivity contribution >= 4 is 11.7 Å². The number of likely N-dealkylation sites (tertiary alicyclic amines) is 1. The fourth-order valence-electron chi connectivity index (χ4n) is 3.29. The van der Waals surface area contributed by atoms with Crippen molar-refractivity contribution in [2.24, 2.45) is 0 Å². The molecule has 0 unspecified atom stereocenters. The third kappa shape index (κ3) is 5.43. The molecule has 1 N–H and O–H groups in total. The van der Waals surface area contributed by atoms with Gasteiger partial charge in [0.2, 0.25) is 5.91 Å². The highest BCUT2D eigenvalue weighted by Crippen LogP contribution is 2.29. The van der Waals surface area contributed by atoms with Crippen LogP contribution in [-0.2, 0) is 17.4 Å². The smallest absolute Gasteiger partial charge is 0.367 e. The van der Waals surface area contributed by atoms with Crippen LogP contribution in [0.5, 0.6) is 0 Å². The minimum atomic E-state index is -4.34. The Morgan fingerprint density at radius 3 is 2.46 bits per heavy atom. The van der Waals surface area contributed by atoms with Gasteiger partial charge in [0.05, 0.1) is 5.56 Å². The first kappa shape index (κ1) is 20.1. The molecular formula is C20H23F3N4O. The Morgan fingerprint density at radius 1 is 1.18 bits per heavy atom. The molecule has 1 aliphatic rings. The molecule has 1 aliphatic heterocycles. The molecule has 1 saturated heterocycles. The monoisotopic (exact) mass is 392 g/mol. The third-order valence-electron chi connectivity index (χ3n) is 4.91. The van der Waals surface area contributed by atoms with Crippen LogP contribution < -0.4 is 5.32 Å². The number of hydrogen-bond acceptors (Lipinski definition) is 4. The van der Waals surface area contributed by atoms with Crippen LogP contribution in [0.4, 0.5) is 19.0 Å². The van der Waals surface area contributed by atoms with Crippen LogP contribution in [0.15, 0.2) is 36.7 Å². The zero-order valence-electron chi connectivity index (χ0n) is 15.7. The van der Waals surface area contributed by atoms with Crippen LogP contribution >= 0.6 is 0 Å². The molecule has 150 valence electrons. The Kier molecular flexibility index (Phi) is 6.16. The van der Waals surface area contributed by atoms with Gasteiger partial charge in [0.1, 0.15) is 12.1 Å². The molecule has 0 aliphatic carbocycles. The average Bonchev–Trinajstić information content (AvgIpc) is 2.66. The van der Waals surface area contributed by atoms with E-state index in [-0.39, 0.29) is 11.9 Å².